The zero-order valence-electron chi connectivity index (χ0n) is 19.6. The summed E-state index contributed by atoms with van der Waals surface area (Å²) in [6, 6.07) is 18.0. The van der Waals surface area contributed by atoms with Crippen molar-refractivity contribution in [3.05, 3.63) is 72.3 Å². The summed E-state index contributed by atoms with van der Waals surface area (Å²) >= 11 is 0. The maximum Gasteiger partial charge on any atom is 0.264 e. The summed E-state index contributed by atoms with van der Waals surface area (Å²) in [5.41, 5.74) is 1.70. The molecule has 0 bridgehead atoms. The molecule has 0 heterocycles. The normalized spacial score (nSPS) is 10.9. The average Bonchev–Trinajstić information content (AvgIpc) is 2.83. The van der Waals surface area contributed by atoms with Gasteiger partial charge in [-0.05, 0) is 62.4 Å². The molecule has 1 N–H and O–H groups in total. The second-order valence-electron chi connectivity index (χ2n) is 7.37. The third-order valence-corrected chi connectivity index (χ3v) is 6.80. The maximum atomic E-state index is 13.6. The number of nitrogens with one attached hydrogen (secondary N) is 1. The van der Waals surface area contributed by atoms with Crippen molar-refractivity contribution in [1.29, 1.82) is 0 Å². The molecular formula is C25H28N2O6S. The highest BCUT2D eigenvalue weighted by Gasteiger charge is 2.27. The summed E-state index contributed by atoms with van der Waals surface area (Å²) in [5.74, 6) is 0.965. The number of rotatable bonds is 10. The lowest BCUT2D eigenvalue weighted by Gasteiger charge is -2.24. The van der Waals surface area contributed by atoms with Crippen molar-refractivity contribution in [3.8, 4) is 17.2 Å². The number of amides is 1. The van der Waals surface area contributed by atoms with Gasteiger partial charge in [-0.1, -0.05) is 17.7 Å². The second-order valence-corrected chi connectivity index (χ2v) is 9.23. The molecule has 0 aliphatic rings. The molecule has 3 aromatic rings. The number of sulfonamides is 1. The van der Waals surface area contributed by atoms with Crippen LogP contribution in [0.3, 0.4) is 0 Å². The molecular weight excluding hydrogens is 456 g/mol. The van der Waals surface area contributed by atoms with E-state index in [-0.39, 0.29) is 4.90 Å². The first kappa shape index (κ1) is 24.9. The Morgan fingerprint density at radius 3 is 2.15 bits per heavy atom. The van der Waals surface area contributed by atoms with Crippen molar-refractivity contribution in [3.63, 3.8) is 0 Å². The number of hydrogen-bond donors (Lipinski definition) is 1. The lowest BCUT2D eigenvalue weighted by Crippen LogP contribution is -2.38. The Kier molecular flexibility index (Phi) is 8.01. The molecule has 0 fully saturated rings. The number of hydrogen-bond acceptors (Lipinski definition) is 6. The van der Waals surface area contributed by atoms with Gasteiger partial charge in [-0.2, -0.15) is 0 Å². The van der Waals surface area contributed by atoms with Crippen molar-refractivity contribution in [2.45, 2.75) is 18.7 Å². The predicted octanol–water partition coefficient (Wildman–Crippen LogP) is 4.24. The van der Waals surface area contributed by atoms with Crippen LogP contribution in [0.5, 0.6) is 17.2 Å². The molecule has 0 unspecified atom stereocenters. The van der Waals surface area contributed by atoms with Crippen LogP contribution < -0.4 is 23.8 Å². The minimum atomic E-state index is -4.05. The third-order valence-electron chi connectivity index (χ3n) is 5.01. The number of methoxy groups -OCH3 is 2. The Morgan fingerprint density at radius 2 is 1.56 bits per heavy atom. The van der Waals surface area contributed by atoms with Crippen LogP contribution >= 0.6 is 0 Å². The molecule has 8 nitrogen and oxygen atoms in total. The minimum absolute atomic E-state index is 0.0447. The van der Waals surface area contributed by atoms with Crippen molar-refractivity contribution in [1.82, 2.24) is 0 Å². The fourth-order valence-electron chi connectivity index (χ4n) is 3.26. The molecule has 0 atom stereocenters. The van der Waals surface area contributed by atoms with Crippen molar-refractivity contribution < 1.29 is 27.4 Å². The number of benzene rings is 3. The van der Waals surface area contributed by atoms with E-state index in [1.54, 1.807) is 54.6 Å². The van der Waals surface area contributed by atoms with Gasteiger partial charge < -0.3 is 19.5 Å². The standard InChI is InChI=1S/C25H28N2O6S/c1-5-33-20-10-13-22(14-11-20)34(29,30)27(19-8-6-18(2)7-9-19)17-25(28)26-23-16-21(31-3)12-15-24(23)32-4/h6-16H,5,17H2,1-4H3,(H,26,28). The number of carbonyl (C=O) groups excluding carboxylic acids is 1. The highest BCUT2D eigenvalue weighted by Crippen LogP contribution is 2.30. The van der Waals surface area contributed by atoms with Gasteiger partial charge in [0.1, 0.15) is 23.8 Å². The van der Waals surface area contributed by atoms with Crippen LogP contribution in [0.4, 0.5) is 11.4 Å². The van der Waals surface area contributed by atoms with Gasteiger partial charge in [0.25, 0.3) is 10.0 Å². The zero-order valence-corrected chi connectivity index (χ0v) is 20.4. The molecule has 180 valence electrons. The van der Waals surface area contributed by atoms with E-state index in [1.807, 2.05) is 13.8 Å². The van der Waals surface area contributed by atoms with Crippen LogP contribution in [0, 0.1) is 6.92 Å². The van der Waals surface area contributed by atoms with Crippen molar-refractivity contribution >= 4 is 27.3 Å². The molecule has 1 amide bonds. The first-order valence-electron chi connectivity index (χ1n) is 10.6. The molecule has 0 aromatic heterocycles. The first-order chi connectivity index (χ1) is 16.3. The quantitative estimate of drug-likeness (QED) is 0.463. The molecule has 34 heavy (non-hydrogen) atoms. The fraction of sp³-hybridized carbons (Fsp3) is 0.240. The Morgan fingerprint density at radius 1 is 0.912 bits per heavy atom. The Bertz CT molecular complexity index is 1230. The molecule has 0 saturated heterocycles. The van der Waals surface area contributed by atoms with Crippen molar-refractivity contribution in [2.75, 3.05) is 37.0 Å². The van der Waals surface area contributed by atoms with Crippen LogP contribution in [0.25, 0.3) is 0 Å². The van der Waals surface area contributed by atoms with Gasteiger partial charge in [0.15, 0.2) is 0 Å². The van der Waals surface area contributed by atoms with Crippen LogP contribution in [-0.2, 0) is 14.8 Å². The summed E-state index contributed by atoms with van der Waals surface area (Å²) in [7, 11) is -1.07. The Labute approximate surface area is 200 Å². The summed E-state index contributed by atoms with van der Waals surface area (Å²) in [5, 5.41) is 2.73. The molecule has 3 aromatic carbocycles. The van der Waals surface area contributed by atoms with Gasteiger partial charge in [0, 0.05) is 6.07 Å². The molecule has 3 rings (SSSR count). The zero-order chi connectivity index (χ0) is 24.7. The van der Waals surface area contributed by atoms with Crippen LogP contribution in [0.2, 0.25) is 0 Å². The van der Waals surface area contributed by atoms with E-state index in [0.717, 1.165) is 9.87 Å². The van der Waals surface area contributed by atoms with Gasteiger partial charge in [0.05, 0.1) is 37.1 Å². The molecule has 0 saturated carbocycles. The summed E-state index contributed by atoms with van der Waals surface area (Å²) in [4.78, 5) is 13.1. The number of ether oxygens (including phenoxy) is 3. The molecule has 9 heteroatoms. The van der Waals surface area contributed by atoms with Crippen LogP contribution in [0.15, 0.2) is 71.6 Å². The maximum absolute atomic E-state index is 13.6. The molecule has 0 radical (unpaired) electrons. The van der Waals surface area contributed by atoms with E-state index in [4.69, 9.17) is 14.2 Å². The molecule has 0 aliphatic heterocycles. The SMILES string of the molecule is CCOc1ccc(S(=O)(=O)N(CC(=O)Nc2cc(OC)ccc2OC)c2ccc(C)cc2)cc1. The Balaban J connectivity index is 1.94. The minimum Gasteiger partial charge on any atom is -0.497 e. The monoisotopic (exact) mass is 484 g/mol. The summed E-state index contributed by atoms with van der Waals surface area (Å²) < 4.78 is 44.1. The van der Waals surface area contributed by atoms with Gasteiger partial charge in [-0.3, -0.25) is 9.10 Å². The van der Waals surface area contributed by atoms with Crippen LogP contribution in [-0.4, -0.2) is 41.7 Å². The van der Waals surface area contributed by atoms with Crippen molar-refractivity contribution in [2.24, 2.45) is 0 Å². The van der Waals surface area contributed by atoms with Crippen LogP contribution in [0.1, 0.15) is 12.5 Å². The fourth-order valence-corrected chi connectivity index (χ4v) is 4.68. The smallest absolute Gasteiger partial charge is 0.264 e. The van der Waals surface area contributed by atoms with E-state index in [9.17, 15) is 13.2 Å². The van der Waals surface area contributed by atoms with E-state index >= 15 is 0 Å². The van der Waals surface area contributed by atoms with Gasteiger partial charge in [-0.25, -0.2) is 8.42 Å². The van der Waals surface area contributed by atoms with E-state index in [1.165, 1.54) is 26.4 Å². The second kappa shape index (κ2) is 10.9. The van der Waals surface area contributed by atoms with E-state index in [2.05, 4.69) is 5.32 Å². The largest absolute Gasteiger partial charge is 0.497 e. The number of nitrogens with zero attached hydrogens (tertiary/aromatic N) is 1. The molecule has 0 spiro atoms. The Hall–Kier alpha value is -3.72. The number of anilines is 2. The lowest BCUT2D eigenvalue weighted by atomic mass is 10.2. The van der Waals surface area contributed by atoms with Gasteiger partial charge in [0.2, 0.25) is 5.91 Å². The van der Waals surface area contributed by atoms with Gasteiger partial charge >= 0.3 is 0 Å². The predicted molar refractivity (Wildman–Crippen MR) is 131 cm³/mol. The highest BCUT2D eigenvalue weighted by atomic mass is 32.2. The first-order valence-corrected chi connectivity index (χ1v) is 12.1. The summed E-state index contributed by atoms with van der Waals surface area (Å²) in [6.45, 7) is 3.77. The summed E-state index contributed by atoms with van der Waals surface area (Å²) in [6.07, 6.45) is 0. The van der Waals surface area contributed by atoms with E-state index in [0.29, 0.717) is 35.2 Å². The lowest BCUT2D eigenvalue weighted by molar-refractivity contribution is -0.114. The highest BCUT2D eigenvalue weighted by molar-refractivity contribution is 7.92. The number of carbonyl (C=O) groups is 1. The average molecular weight is 485 g/mol. The molecule has 0 aliphatic carbocycles. The van der Waals surface area contributed by atoms with E-state index < -0.39 is 22.5 Å². The topological polar surface area (TPSA) is 94.2 Å². The number of aryl methyl sites for hydroxylation is 1. The third kappa shape index (κ3) is 5.79. The van der Waals surface area contributed by atoms with Gasteiger partial charge in [-0.15, -0.1) is 0 Å².